The summed E-state index contributed by atoms with van der Waals surface area (Å²) in [6.45, 7) is 3.64. The molecular weight excluding hydrogens is 508 g/mol. The van der Waals surface area contributed by atoms with Crippen LogP contribution in [0.4, 0.5) is 11.4 Å². The predicted molar refractivity (Wildman–Crippen MR) is 157 cm³/mol. The minimum atomic E-state index is -0.247. The average Bonchev–Trinajstić information content (AvgIpc) is 3.40. The summed E-state index contributed by atoms with van der Waals surface area (Å²) in [5.74, 6) is -0.247. The topological polar surface area (TPSA) is 74.6 Å². The second-order valence-electron chi connectivity index (χ2n) is 9.67. The lowest BCUT2D eigenvalue weighted by Gasteiger charge is -2.31. The van der Waals surface area contributed by atoms with Crippen LogP contribution in [0.3, 0.4) is 0 Å². The number of hydrogen-bond acceptors (Lipinski definition) is 5. The van der Waals surface area contributed by atoms with Crippen LogP contribution in [0.2, 0.25) is 5.02 Å². The molecule has 2 aromatic heterocycles. The van der Waals surface area contributed by atoms with Gasteiger partial charge in [0.2, 0.25) is 0 Å². The van der Waals surface area contributed by atoms with Gasteiger partial charge in [-0.25, -0.2) is 9.50 Å². The Morgan fingerprint density at radius 1 is 0.923 bits per heavy atom. The van der Waals surface area contributed by atoms with Crippen molar-refractivity contribution in [3.05, 3.63) is 113 Å². The Labute approximate surface area is 232 Å². The number of anilines is 2. The van der Waals surface area contributed by atoms with Gasteiger partial charge in [0.05, 0.1) is 17.6 Å². The van der Waals surface area contributed by atoms with E-state index in [9.17, 15) is 4.79 Å². The summed E-state index contributed by atoms with van der Waals surface area (Å²) in [5.41, 5.74) is 7.15. The maximum absolute atomic E-state index is 13.3. The molecule has 39 heavy (non-hydrogen) atoms. The Morgan fingerprint density at radius 2 is 1.72 bits per heavy atom. The highest BCUT2D eigenvalue weighted by Crippen LogP contribution is 2.27. The first-order valence-electron chi connectivity index (χ1n) is 13.2. The van der Waals surface area contributed by atoms with Crippen LogP contribution < -0.4 is 15.5 Å². The van der Waals surface area contributed by atoms with Gasteiger partial charge >= 0.3 is 0 Å². The van der Waals surface area contributed by atoms with Gasteiger partial charge in [-0.3, -0.25) is 4.79 Å². The SMILES string of the molecule is O=C(Nc1ccccc1N1CCNCC1)c1ccn2ncc(-c3ccc(CCc4cccc(Cl)c4)cc3)c2n1. The van der Waals surface area contributed by atoms with E-state index in [-0.39, 0.29) is 5.91 Å². The van der Waals surface area contributed by atoms with Crippen LogP contribution in [0.1, 0.15) is 21.6 Å². The monoisotopic (exact) mass is 536 g/mol. The summed E-state index contributed by atoms with van der Waals surface area (Å²) in [5, 5.41) is 11.7. The van der Waals surface area contributed by atoms with E-state index in [1.54, 1.807) is 23.0 Å². The zero-order valence-corrected chi connectivity index (χ0v) is 22.2. The normalized spacial score (nSPS) is 13.5. The molecule has 3 aromatic carbocycles. The van der Waals surface area contributed by atoms with Crippen LogP contribution in [-0.2, 0) is 12.8 Å². The number of amides is 1. The standard InChI is InChI=1S/C31H29ClN6O/c32-25-5-3-4-23(20-25)9-8-22-10-12-24(13-11-22)26-21-34-38-17-14-28(35-30(26)38)31(39)36-27-6-1-2-7-29(27)37-18-15-33-16-19-37/h1-7,10-14,17,20-21,33H,8-9,15-16,18-19H2,(H,36,39). The maximum Gasteiger partial charge on any atom is 0.274 e. The van der Waals surface area contributed by atoms with Crippen molar-refractivity contribution >= 4 is 34.5 Å². The first-order valence-corrected chi connectivity index (χ1v) is 13.6. The van der Waals surface area contributed by atoms with E-state index in [1.807, 2.05) is 42.5 Å². The van der Waals surface area contributed by atoms with E-state index >= 15 is 0 Å². The van der Waals surface area contributed by atoms with Crippen molar-refractivity contribution in [1.82, 2.24) is 19.9 Å². The molecule has 0 atom stereocenters. The molecule has 1 amide bonds. The Balaban J connectivity index is 1.20. The third-order valence-electron chi connectivity index (χ3n) is 7.07. The molecule has 2 N–H and O–H groups in total. The molecule has 0 spiro atoms. The molecule has 8 heteroatoms. The third kappa shape index (κ3) is 5.65. The van der Waals surface area contributed by atoms with Gasteiger partial charge in [-0.15, -0.1) is 0 Å². The number of carbonyl (C=O) groups is 1. The molecule has 0 unspecified atom stereocenters. The number of carbonyl (C=O) groups excluding carboxylic acids is 1. The molecule has 1 saturated heterocycles. The van der Waals surface area contributed by atoms with Gasteiger partial charge < -0.3 is 15.5 Å². The highest BCUT2D eigenvalue weighted by molar-refractivity contribution is 6.30. The van der Waals surface area contributed by atoms with E-state index in [2.05, 4.69) is 51.0 Å². The Bertz CT molecular complexity index is 1610. The zero-order chi connectivity index (χ0) is 26.6. The highest BCUT2D eigenvalue weighted by atomic mass is 35.5. The average molecular weight is 537 g/mol. The number of nitrogens with zero attached hydrogens (tertiary/aromatic N) is 4. The van der Waals surface area contributed by atoms with Crippen molar-refractivity contribution in [3.63, 3.8) is 0 Å². The first-order chi connectivity index (χ1) is 19.1. The number of piperazine rings is 1. The van der Waals surface area contributed by atoms with Crippen LogP contribution in [-0.4, -0.2) is 46.7 Å². The Kier molecular flexibility index (Phi) is 7.25. The lowest BCUT2D eigenvalue weighted by molar-refractivity contribution is 0.102. The van der Waals surface area contributed by atoms with Crippen LogP contribution in [0.25, 0.3) is 16.8 Å². The number of rotatable bonds is 7. The quantitative estimate of drug-likeness (QED) is 0.287. The summed E-state index contributed by atoms with van der Waals surface area (Å²) < 4.78 is 1.70. The lowest BCUT2D eigenvalue weighted by Crippen LogP contribution is -2.43. The van der Waals surface area contributed by atoms with Crippen molar-refractivity contribution in [2.75, 3.05) is 36.4 Å². The minimum Gasteiger partial charge on any atom is -0.367 e. The van der Waals surface area contributed by atoms with Crippen LogP contribution in [0.15, 0.2) is 91.3 Å². The van der Waals surface area contributed by atoms with Crippen molar-refractivity contribution in [3.8, 4) is 11.1 Å². The van der Waals surface area contributed by atoms with E-state index < -0.39 is 0 Å². The summed E-state index contributed by atoms with van der Waals surface area (Å²) in [6.07, 6.45) is 5.43. The summed E-state index contributed by atoms with van der Waals surface area (Å²) >= 11 is 6.12. The fourth-order valence-electron chi connectivity index (χ4n) is 4.98. The zero-order valence-electron chi connectivity index (χ0n) is 21.5. The molecule has 0 saturated carbocycles. The minimum absolute atomic E-state index is 0.247. The van der Waals surface area contributed by atoms with Gasteiger partial charge in [0.1, 0.15) is 5.69 Å². The summed E-state index contributed by atoms with van der Waals surface area (Å²) in [7, 11) is 0. The van der Waals surface area contributed by atoms with Gasteiger partial charge in [0.25, 0.3) is 5.91 Å². The van der Waals surface area contributed by atoms with E-state index in [1.165, 1.54) is 11.1 Å². The number of benzene rings is 3. The van der Waals surface area contributed by atoms with Gasteiger partial charge in [-0.05, 0) is 59.9 Å². The molecule has 1 fully saturated rings. The molecule has 1 aliphatic heterocycles. The molecule has 6 rings (SSSR count). The van der Waals surface area contributed by atoms with E-state index in [0.29, 0.717) is 11.3 Å². The van der Waals surface area contributed by atoms with Crippen LogP contribution >= 0.6 is 11.6 Å². The van der Waals surface area contributed by atoms with Gasteiger partial charge in [-0.1, -0.05) is 60.1 Å². The number of fused-ring (bicyclic) bond motifs is 1. The second-order valence-corrected chi connectivity index (χ2v) is 10.1. The number of nitrogens with one attached hydrogen (secondary N) is 2. The van der Waals surface area contributed by atoms with Gasteiger partial charge in [0.15, 0.2) is 5.65 Å². The third-order valence-corrected chi connectivity index (χ3v) is 7.30. The largest absolute Gasteiger partial charge is 0.367 e. The molecule has 5 aromatic rings. The fraction of sp³-hybridized carbons (Fsp3) is 0.194. The first kappa shape index (κ1) is 25.1. The van der Waals surface area contributed by atoms with Crippen LogP contribution in [0, 0.1) is 0 Å². The summed E-state index contributed by atoms with van der Waals surface area (Å²) in [4.78, 5) is 20.3. The van der Waals surface area contributed by atoms with E-state index in [0.717, 1.165) is 66.5 Å². The highest BCUT2D eigenvalue weighted by Gasteiger charge is 2.18. The Hall–Kier alpha value is -4.20. The number of hydrogen-bond donors (Lipinski definition) is 2. The molecule has 0 aliphatic carbocycles. The predicted octanol–water partition coefficient (Wildman–Crippen LogP) is 5.50. The van der Waals surface area contributed by atoms with E-state index in [4.69, 9.17) is 16.6 Å². The molecule has 196 valence electrons. The van der Waals surface area contributed by atoms with Crippen molar-refractivity contribution in [2.45, 2.75) is 12.8 Å². The smallest absolute Gasteiger partial charge is 0.274 e. The fourth-order valence-corrected chi connectivity index (χ4v) is 5.19. The molecule has 1 aliphatic rings. The Morgan fingerprint density at radius 3 is 2.54 bits per heavy atom. The summed E-state index contributed by atoms with van der Waals surface area (Å²) in [6, 6.07) is 26.0. The van der Waals surface area contributed by atoms with Crippen LogP contribution in [0.5, 0.6) is 0 Å². The van der Waals surface area contributed by atoms with Crippen molar-refractivity contribution in [1.29, 1.82) is 0 Å². The van der Waals surface area contributed by atoms with Crippen molar-refractivity contribution in [2.24, 2.45) is 0 Å². The van der Waals surface area contributed by atoms with Gasteiger partial charge in [0, 0.05) is 43.0 Å². The molecular formula is C31H29ClN6O. The van der Waals surface area contributed by atoms with Crippen molar-refractivity contribution < 1.29 is 4.79 Å². The lowest BCUT2D eigenvalue weighted by atomic mass is 10.0. The number of halogens is 1. The molecule has 0 bridgehead atoms. The second kappa shape index (κ2) is 11.3. The molecule has 7 nitrogen and oxygen atoms in total. The number of aryl methyl sites for hydroxylation is 2. The molecule has 3 heterocycles. The number of para-hydroxylation sites is 2. The maximum atomic E-state index is 13.3. The van der Waals surface area contributed by atoms with Gasteiger partial charge in [-0.2, -0.15) is 5.10 Å². The molecule has 0 radical (unpaired) electrons. The number of aromatic nitrogens is 3.